The Morgan fingerprint density at radius 1 is 0.944 bits per heavy atom. The fourth-order valence-electron chi connectivity index (χ4n) is 4.93. The summed E-state index contributed by atoms with van der Waals surface area (Å²) in [6, 6.07) is 9.08. The minimum absolute atomic E-state index is 0.0119. The topological polar surface area (TPSA) is 54.0 Å². The zero-order chi connectivity index (χ0) is 25.8. The third kappa shape index (κ3) is 11.9. The van der Waals surface area contributed by atoms with E-state index in [1.165, 1.54) is 57.8 Å². The van der Waals surface area contributed by atoms with Crippen molar-refractivity contribution in [2.24, 2.45) is 0 Å². The predicted molar refractivity (Wildman–Crippen MR) is 145 cm³/mol. The molecule has 36 heavy (non-hydrogen) atoms. The van der Waals surface area contributed by atoms with Crippen LogP contribution in [0.25, 0.3) is 0 Å². The summed E-state index contributed by atoms with van der Waals surface area (Å²) in [6.45, 7) is 2.52. The Kier molecular flexibility index (Phi) is 16.2. The first-order valence-corrected chi connectivity index (χ1v) is 14.1. The van der Waals surface area contributed by atoms with E-state index in [2.05, 4.69) is 12.8 Å². The molecule has 1 aliphatic rings. The van der Waals surface area contributed by atoms with Gasteiger partial charge in [0.2, 0.25) is 0 Å². The van der Waals surface area contributed by atoms with Crippen LogP contribution in [0.4, 0.5) is 0 Å². The van der Waals surface area contributed by atoms with Gasteiger partial charge in [-0.25, -0.2) is 4.79 Å². The van der Waals surface area contributed by atoms with Crippen molar-refractivity contribution in [3.05, 3.63) is 35.9 Å². The first-order valence-electron chi connectivity index (χ1n) is 14.1. The van der Waals surface area contributed by atoms with E-state index in [1.807, 2.05) is 18.2 Å². The lowest BCUT2D eigenvalue weighted by molar-refractivity contribution is -0.139. The van der Waals surface area contributed by atoms with Crippen LogP contribution in [0.3, 0.4) is 0 Å². The summed E-state index contributed by atoms with van der Waals surface area (Å²) in [6.07, 6.45) is 21.8. The lowest BCUT2D eigenvalue weighted by Gasteiger charge is -2.27. The average Bonchev–Trinajstić information content (AvgIpc) is 3.39. The molecule has 1 aromatic rings. The predicted octanol–water partition coefficient (Wildman–Crippen LogP) is 7.47. The minimum Gasteiger partial charge on any atom is -0.456 e. The summed E-state index contributed by atoms with van der Waals surface area (Å²) >= 11 is 0. The molecule has 0 N–H and O–H groups in total. The SMILES string of the molecule is C#CCC[C@@H](OC(=O)c1ccccc1)[C@H]1CC[C@H]([C@@H](CCCCCCCCCCCC)OCOC)O1. The standard InChI is InChI=1S/C31H48O5/c1-4-6-8-9-10-11-12-13-14-18-22-27(34-25-33-3)29-23-24-30(35-29)28(21-7-5-2)36-31(32)26-19-16-15-17-20-26/h2,15-17,19-20,27-30H,4,6-14,18,21-25H2,1,3H3/t27-,28-,29-,30-/m1/s1. The molecule has 2 rings (SSSR count). The fourth-order valence-corrected chi connectivity index (χ4v) is 4.93. The van der Waals surface area contributed by atoms with Gasteiger partial charge in [-0.2, -0.15) is 0 Å². The summed E-state index contributed by atoms with van der Waals surface area (Å²) in [5.74, 6) is 2.34. The highest BCUT2D eigenvalue weighted by Crippen LogP contribution is 2.31. The van der Waals surface area contributed by atoms with Crippen molar-refractivity contribution in [3.63, 3.8) is 0 Å². The van der Waals surface area contributed by atoms with Crippen LogP contribution >= 0.6 is 0 Å². The van der Waals surface area contributed by atoms with Gasteiger partial charge in [0.25, 0.3) is 0 Å². The van der Waals surface area contributed by atoms with E-state index in [0.29, 0.717) is 18.4 Å². The van der Waals surface area contributed by atoms with Crippen molar-refractivity contribution in [2.45, 2.75) is 128 Å². The van der Waals surface area contributed by atoms with Crippen LogP contribution in [0.2, 0.25) is 0 Å². The Morgan fingerprint density at radius 2 is 1.56 bits per heavy atom. The van der Waals surface area contributed by atoms with Crippen LogP contribution in [0.1, 0.15) is 114 Å². The maximum absolute atomic E-state index is 12.7. The largest absolute Gasteiger partial charge is 0.456 e. The second-order valence-corrected chi connectivity index (χ2v) is 9.93. The summed E-state index contributed by atoms with van der Waals surface area (Å²) in [4.78, 5) is 12.7. The Hall–Kier alpha value is -1.87. The quantitative estimate of drug-likeness (QED) is 0.0804. The third-order valence-corrected chi connectivity index (χ3v) is 7.00. The molecule has 4 atom stereocenters. The molecule has 0 aromatic heterocycles. The highest BCUT2D eigenvalue weighted by atomic mass is 16.7. The van der Waals surface area contributed by atoms with Gasteiger partial charge in [0.15, 0.2) is 0 Å². The number of unbranched alkanes of at least 4 members (excludes halogenated alkanes) is 9. The smallest absolute Gasteiger partial charge is 0.338 e. The lowest BCUT2D eigenvalue weighted by Crippen LogP contribution is -2.35. The van der Waals surface area contributed by atoms with Gasteiger partial charge in [-0.1, -0.05) is 89.3 Å². The van der Waals surface area contributed by atoms with Crippen molar-refractivity contribution < 1.29 is 23.7 Å². The lowest BCUT2D eigenvalue weighted by atomic mass is 10.0. The summed E-state index contributed by atoms with van der Waals surface area (Å²) < 4.78 is 23.5. The molecule has 0 radical (unpaired) electrons. The first-order chi connectivity index (χ1) is 17.7. The van der Waals surface area contributed by atoms with E-state index in [0.717, 1.165) is 25.7 Å². The Labute approximate surface area is 219 Å². The Morgan fingerprint density at radius 3 is 2.17 bits per heavy atom. The van der Waals surface area contributed by atoms with Gasteiger partial charge in [0.1, 0.15) is 12.9 Å². The van der Waals surface area contributed by atoms with Gasteiger partial charge in [-0.05, 0) is 37.8 Å². The fraction of sp³-hybridized carbons (Fsp3) is 0.710. The van der Waals surface area contributed by atoms with Gasteiger partial charge in [0, 0.05) is 13.5 Å². The van der Waals surface area contributed by atoms with Gasteiger partial charge in [0.05, 0.1) is 23.9 Å². The number of carbonyl (C=O) groups is 1. The van der Waals surface area contributed by atoms with Crippen LogP contribution in [0.5, 0.6) is 0 Å². The van der Waals surface area contributed by atoms with Crippen LogP contribution in [-0.4, -0.2) is 44.3 Å². The molecule has 1 heterocycles. The Bertz CT molecular complexity index is 728. The van der Waals surface area contributed by atoms with E-state index in [9.17, 15) is 4.79 Å². The third-order valence-electron chi connectivity index (χ3n) is 7.00. The minimum atomic E-state index is -0.362. The maximum atomic E-state index is 12.7. The van der Waals surface area contributed by atoms with E-state index in [4.69, 9.17) is 25.4 Å². The molecule has 5 nitrogen and oxygen atoms in total. The number of hydrogen-bond donors (Lipinski definition) is 0. The number of methoxy groups -OCH3 is 1. The molecule has 1 fully saturated rings. The highest BCUT2D eigenvalue weighted by Gasteiger charge is 2.37. The molecule has 0 amide bonds. The van der Waals surface area contributed by atoms with Crippen molar-refractivity contribution >= 4 is 5.97 Å². The number of esters is 1. The number of carbonyl (C=O) groups excluding carboxylic acids is 1. The molecular formula is C31H48O5. The summed E-state index contributed by atoms with van der Waals surface area (Å²) in [5, 5.41) is 0. The number of rotatable bonds is 20. The maximum Gasteiger partial charge on any atom is 0.338 e. The summed E-state index contributed by atoms with van der Waals surface area (Å²) in [7, 11) is 1.65. The van der Waals surface area contributed by atoms with Gasteiger partial charge in [-0.3, -0.25) is 0 Å². The zero-order valence-electron chi connectivity index (χ0n) is 22.6. The number of ether oxygens (including phenoxy) is 4. The normalized spacial score (nSPS) is 19.0. The molecule has 5 heteroatoms. The van der Waals surface area contributed by atoms with Gasteiger partial charge in [-0.15, -0.1) is 12.3 Å². The molecule has 0 unspecified atom stereocenters. The van der Waals surface area contributed by atoms with E-state index in [-0.39, 0.29) is 37.2 Å². The van der Waals surface area contributed by atoms with Crippen molar-refractivity contribution in [3.8, 4) is 12.3 Å². The van der Waals surface area contributed by atoms with Crippen LogP contribution in [0.15, 0.2) is 30.3 Å². The molecule has 202 valence electrons. The highest BCUT2D eigenvalue weighted by molar-refractivity contribution is 5.89. The average molecular weight is 501 g/mol. The molecule has 1 aromatic carbocycles. The number of benzene rings is 1. The first kappa shape index (κ1) is 30.4. The van der Waals surface area contributed by atoms with Crippen molar-refractivity contribution in [1.82, 2.24) is 0 Å². The van der Waals surface area contributed by atoms with E-state index >= 15 is 0 Å². The zero-order valence-corrected chi connectivity index (χ0v) is 22.6. The molecule has 0 saturated carbocycles. The van der Waals surface area contributed by atoms with Crippen LogP contribution in [-0.2, 0) is 18.9 Å². The molecule has 0 spiro atoms. The van der Waals surface area contributed by atoms with Crippen LogP contribution < -0.4 is 0 Å². The van der Waals surface area contributed by atoms with Crippen molar-refractivity contribution in [2.75, 3.05) is 13.9 Å². The second-order valence-electron chi connectivity index (χ2n) is 9.93. The number of terminal acetylenes is 1. The van der Waals surface area contributed by atoms with Gasteiger partial charge < -0.3 is 18.9 Å². The summed E-state index contributed by atoms with van der Waals surface area (Å²) in [5.41, 5.74) is 0.542. The molecular weight excluding hydrogens is 452 g/mol. The second kappa shape index (κ2) is 19.3. The Balaban J connectivity index is 1.79. The van der Waals surface area contributed by atoms with Crippen molar-refractivity contribution in [1.29, 1.82) is 0 Å². The molecule has 0 bridgehead atoms. The van der Waals surface area contributed by atoms with E-state index < -0.39 is 0 Å². The molecule has 0 aliphatic carbocycles. The monoisotopic (exact) mass is 500 g/mol. The van der Waals surface area contributed by atoms with Gasteiger partial charge >= 0.3 is 5.97 Å². The number of hydrogen-bond acceptors (Lipinski definition) is 5. The van der Waals surface area contributed by atoms with E-state index in [1.54, 1.807) is 19.2 Å². The molecule has 1 saturated heterocycles. The van der Waals surface area contributed by atoms with Crippen LogP contribution in [0, 0.1) is 12.3 Å². The molecule has 1 aliphatic heterocycles.